The van der Waals surface area contributed by atoms with Gasteiger partial charge in [0.15, 0.2) is 0 Å². The highest BCUT2D eigenvalue weighted by atomic mass is 32.2. The van der Waals surface area contributed by atoms with Crippen molar-refractivity contribution in [1.29, 1.82) is 0 Å². The Balaban J connectivity index is 1.67. The van der Waals surface area contributed by atoms with E-state index in [-0.39, 0.29) is 0 Å². The molecular weight excluding hydrogens is 256 g/mol. The van der Waals surface area contributed by atoms with Gasteiger partial charge in [-0.05, 0) is 61.7 Å². The number of nitrogens with one attached hydrogen (secondary N) is 2. The highest BCUT2D eigenvalue weighted by Gasteiger charge is 2.20. The molecular formula is C14H18N4S. The summed E-state index contributed by atoms with van der Waals surface area (Å²) in [7, 11) is 0. The average Bonchev–Trinajstić information content (AvgIpc) is 3.12. The topological polar surface area (TPSA) is 53.6 Å². The molecule has 2 aromatic rings. The molecule has 100 valence electrons. The third-order valence-electron chi connectivity index (χ3n) is 3.26. The van der Waals surface area contributed by atoms with Crippen LogP contribution >= 0.6 is 11.8 Å². The Bertz CT molecular complexity index is 575. The normalized spacial score (nSPS) is 14.8. The van der Waals surface area contributed by atoms with Crippen LogP contribution in [0.15, 0.2) is 28.3 Å². The lowest BCUT2D eigenvalue weighted by Crippen LogP contribution is -2.15. The molecule has 1 fully saturated rings. The van der Waals surface area contributed by atoms with E-state index in [1.165, 1.54) is 28.9 Å². The number of rotatable bonds is 5. The summed E-state index contributed by atoms with van der Waals surface area (Å²) < 4.78 is 0. The average molecular weight is 274 g/mol. The molecule has 19 heavy (non-hydrogen) atoms. The van der Waals surface area contributed by atoms with Crippen LogP contribution in [0.1, 0.15) is 29.8 Å². The van der Waals surface area contributed by atoms with Crippen molar-refractivity contribution in [3.05, 3.63) is 35.2 Å². The molecule has 5 heteroatoms. The van der Waals surface area contributed by atoms with E-state index in [9.17, 15) is 0 Å². The maximum Gasteiger partial charge on any atom is 0.213 e. The van der Waals surface area contributed by atoms with Gasteiger partial charge >= 0.3 is 0 Å². The number of hydrogen-bond donors (Lipinski definition) is 2. The van der Waals surface area contributed by atoms with E-state index in [1.54, 1.807) is 11.8 Å². The smallest absolute Gasteiger partial charge is 0.213 e. The lowest BCUT2D eigenvalue weighted by Gasteiger charge is -2.08. The number of benzene rings is 1. The molecule has 0 aliphatic heterocycles. The van der Waals surface area contributed by atoms with Crippen LogP contribution in [0.4, 0.5) is 0 Å². The molecule has 3 rings (SSSR count). The molecule has 1 aliphatic carbocycles. The van der Waals surface area contributed by atoms with E-state index in [0.29, 0.717) is 0 Å². The monoisotopic (exact) mass is 274 g/mol. The van der Waals surface area contributed by atoms with E-state index in [0.717, 1.165) is 23.6 Å². The Morgan fingerprint density at radius 3 is 2.84 bits per heavy atom. The van der Waals surface area contributed by atoms with Crippen LogP contribution < -0.4 is 5.32 Å². The van der Waals surface area contributed by atoms with Gasteiger partial charge in [-0.15, -0.1) is 5.10 Å². The molecule has 1 aromatic heterocycles. The summed E-state index contributed by atoms with van der Waals surface area (Å²) in [4.78, 5) is 5.50. The first-order chi connectivity index (χ1) is 9.20. The summed E-state index contributed by atoms with van der Waals surface area (Å²) in [5.74, 6) is 0.851. The van der Waals surface area contributed by atoms with Crippen molar-refractivity contribution < 1.29 is 0 Å². The number of aryl methyl sites for hydroxylation is 2. The summed E-state index contributed by atoms with van der Waals surface area (Å²) >= 11 is 1.59. The van der Waals surface area contributed by atoms with Gasteiger partial charge in [-0.2, -0.15) is 0 Å². The Morgan fingerprint density at radius 1 is 1.37 bits per heavy atom. The summed E-state index contributed by atoms with van der Waals surface area (Å²) in [6.07, 6.45) is 2.66. The highest BCUT2D eigenvalue weighted by Crippen LogP contribution is 2.27. The van der Waals surface area contributed by atoms with Crippen LogP contribution in [0.5, 0.6) is 0 Å². The van der Waals surface area contributed by atoms with Crippen LogP contribution in [0.2, 0.25) is 0 Å². The zero-order valence-electron chi connectivity index (χ0n) is 11.2. The van der Waals surface area contributed by atoms with E-state index in [1.807, 2.05) is 6.92 Å². The Labute approximate surface area is 117 Å². The van der Waals surface area contributed by atoms with Gasteiger partial charge in [-0.3, -0.25) is 5.10 Å². The Hall–Kier alpha value is -1.33. The molecule has 1 aromatic carbocycles. The number of aromatic amines is 1. The van der Waals surface area contributed by atoms with Crippen LogP contribution in [0, 0.1) is 13.8 Å². The molecule has 0 radical (unpaired) electrons. The fourth-order valence-corrected chi connectivity index (χ4v) is 2.80. The van der Waals surface area contributed by atoms with Crippen molar-refractivity contribution in [2.45, 2.75) is 49.3 Å². The quantitative estimate of drug-likeness (QED) is 0.880. The van der Waals surface area contributed by atoms with Crippen molar-refractivity contribution >= 4 is 11.8 Å². The minimum absolute atomic E-state index is 0.754. The van der Waals surface area contributed by atoms with Gasteiger partial charge in [-0.25, -0.2) is 4.98 Å². The number of hydrogen-bond acceptors (Lipinski definition) is 4. The maximum absolute atomic E-state index is 4.31. The third-order valence-corrected chi connectivity index (χ3v) is 4.11. The van der Waals surface area contributed by atoms with Crippen LogP contribution in [0.3, 0.4) is 0 Å². The number of nitrogens with zero attached hydrogens (tertiary/aromatic N) is 2. The molecule has 4 nitrogen and oxygen atoms in total. The Kier molecular flexibility index (Phi) is 3.57. The maximum atomic E-state index is 4.31. The first-order valence-corrected chi connectivity index (χ1v) is 7.42. The van der Waals surface area contributed by atoms with Gasteiger partial charge in [0.1, 0.15) is 5.82 Å². The lowest BCUT2D eigenvalue weighted by molar-refractivity contribution is 0.685. The Morgan fingerprint density at radius 2 is 2.21 bits per heavy atom. The van der Waals surface area contributed by atoms with Crippen molar-refractivity contribution in [3.63, 3.8) is 0 Å². The standard InChI is InChI=1S/C14H18N4S/c1-9-7-13(19-14-16-10(2)17-18-14)6-3-11(9)8-15-12-4-5-12/h3,6-7,12,15H,4-5,8H2,1-2H3,(H,16,17,18). The first-order valence-electron chi connectivity index (χ1n) is 6.60. The predicted octanol–water partition coefficient (Wildman–Crippen LogP) is 2.82. The fraction of sp³-hybridized carbons (Fsp3) is 0.429. The molecule has 0 spiro atoms. The lowest BCUT2D eigenvalue weighted by atomic mass is 10.1. The minimum atomic E-state index is 0.754. The third kappa shape index (κ3) is 3.36. The van der Waals surface area contributed by atoms with Crippen LogP contribution in [0.25, 0.3) is 0 Å². The highest BCUT2D eigenvalue weighted by molar-refractivity contribution is 7.99. The van der Waals surface area contributed by atoms with E-state index in [2.05, 4.69) is 45.6 Å². The number of H-pyrrole nitrogens is 1. The second-order valence-corrected chi connectivity index (χ2v) is 6.09. The summed E-state index contributed by atoms with van der Waals surface area (Å²) in [5.41, 5.74) is 2.70. The molecule has 0 bridgehead atoms. The van der Waals surface area contributed by atoms with Gasteiger partial charge in [0.25, 0.3) is 0 Å². The van der Waals surface area contributed by atoms with Crippen molar-refractivity contribution in [1.82, 2.24) is 20.5 Å². The zero-order valence-corrected chi connectivity index (χ0v) is 12.0. The molecule has 0 amide bonds. The summed E-state index contributed by atoms with van der Waals surface area (Å²) in [5, 5.41) is 11.3. The second-order valence-electron chi connectivity index (χ2n) is 5.05. The van der Waals surface area contributed by atoms with Crippen LogP contribution in [-0.4, -0.2) is 21.2 Å². The number of aromatic nitrogens is 3. The van der Waals surface area contributed by atoms with Crippen molar-refractivity contribution in [2.75, 3.05) is 0 Å². The van der Waals surface area contributed by atoms with Crippen LogP contribution in [-0.2, 0) is 6.54 Å². The van der Waals surface area contributed by atoms with E-state index >= 15 is 0 Å². The zero-order chi connectivity index (χ0) is 13.2. The van der Waals surface area contributed by atoms with Gasteiger partial charge < -0.3 is 5.32 Å². The van der Waals surface area contributed by atoms with Crippen molar-refractivity contribution in [3.8, 4) is 0 Å². The molecule has 1 heterocycles. The molecule has 0 saturated heterocycles. The van der Waals surface area contributed by atoms with E-state index in [4.69, 9.17) is 0 Å². The predicted molar refractivity (Wildman–Crippen MR) is 76.3 cm³/mol. The molecule has 2 N–H and O–H groups in total. The van der Waals surface area contributed by atoms with Gasteiger partial charge in [0, 0.05) is 17.5 Å². The second kappa shape index (κ2) is 5.35. The molecule has 1 saturated carbocycles. The van der Waals surface area contributed by atoms with E-state index < -0.39 is 0 Å². The SMILES string of the molecule is Cc1nc(Sc2ccc(CNC3CC3)c(C)c2)n[nH]1. The van der Waals surface area contributed by atoms with Gasteiger partial charge in [-0.1, -0.05) is 6.07 Å². The molecule has 1 aliphatic rings. The van der Waals surface area contributed by atoms with Gasteiger partial charge in [0.05, 0.1) is 0 Å². The minimum Gasteiger partial charge on any atom is -0.310 e. The first kappa shape index (κ1) is 12.7. The largest absolute Gasteiger partial charge is 0.310 e. The van der Waals surface area contributed by atoms with Crippen molar-refractivity contribution in [2.24, 2.45) is 0 Å². The summed E-state index contributed by atoms with van der Waals surface area (Å²) in [6.45, 7) is 5.05. The molecule has 0 atom stereocenters. The summed E-state index contributed by atoms with van der Waals surface area (Å²) in [6, 6.07) is 7.31. The fourth-order valence-electron chi connectivity index (χ4n) is 1.95. The molecule has 0 unspecified atom stereocenters. The van der Waals surface area contributed by atoms with Gasteiger partial charge in [0.2, 0.25) is 5.16 Å².